The Morgan fingerprint density at radius 1 is 0.927 bits per heavy atom. The van der Waals surface area contributed by atoms with Gasteiger partial charge < -0.3 is 24.6 Å². The van der Waals surface area contributed by atoms with Crippen molar-refractivity contribution in [3.8, 4) is 28.4 Å². The summed E-state index contributed by atoms with van der Waals surface area (Å²) in [6.07, 6.45) is 3.21. The number of nitrogens with zero attached hydrogens (tertiary/aromatic N) is 1. The molecule has 6 heteroatoms. The molecule has 0 amide bonds. The molecule has 208 valence electrons. The first-order chi connectivity index (χ1) is 20.1. The first-order valence-electron chi connectivity index (χ1n) is 14.5. The fraction of sp³-hybridized carbons (Fsp3) is 0.286. The Hall–Kier alpha value is -4.29. The van der Waals surface area contributed by atoms with Crippen molar-refractivity contribution in [1.82, 2.24) is 0 Å². The van der Waals surface area contributed by atoms with Crippen LogP contribution in [0.2, 0.25) is 0 Å². The lowest BCUT2D eigenvalue weighted by Crippen LogP contribution is -2.48. The van der Waals surface area contributed by atoms with Gasteiger partial charge in [0.15, 0.2) is 5.60 Å². The first-order valence-corrected chi connectivity index (χ1v) is 14.5. The second-order valence-corrected chi connectivity index (χ2v) is 10.9. The molecule has 0 bridgehead atoms. The van der Waals surface area contributed by atoms with Crippen LogP contribution in [0.4, 0.5) is 11.4 Å². The average Bonchev–Trinajstić information content (AvgIpc) is 3.44. The molecule has 2 N–H and O–H groups in total. The zero-order chi connectivity index (χ0) is 28.0. The standard InChI is InChI=1S/C35H34N2O4/c1-3-39-27-21-31(40-4-2)33-32(22-27)41-35(28(16-17-34(33,35)38)24-8-6-5-7-9-24)26-13-10-23(11-14-26)25-12-15-29-30(20-25)37-19-18-36-29/h5-15,18,20-22,28,37-38H,3-4,16-17,19H2,1-2H3/t28-,34+,35-/m0/s1. The van der Waals surface area contributed by atoms with Crippen molar-refractivity contribution < 1.29 is 19.3 Å². The van der Waals surface area contributed by atoms with Gasteiger partial charge in [-0.05, 0) is 61.1 Å². The molecular weight excluding hydrogens is 512 g/mol. The van der Waals surface area contributed by atoms with E-state index in [1.54, 1.807) is 0 Å². The molecule has 0 radical (unpaired) electrons. The number of benzene rings is 4. The minimum Gasteiger partial charge on any atom is -0.494 e. The lowest BCUT2D eigenvalue weighted by molar-refractivity contribution is -0.106. The number of rotatable bonds is 7. The zero-order valence-electron chi connectivity index (χ0n) is 23.4. The Morgan fingerprint density at radius 2 is 1.71 bits per heavy atom. The topological polar surface area (TPSA) is 72.3 Å². The molecule has 2 aliphatic heterocycles. The van der Waals surface area contributed by atoms with Crippen molar-refractivity contribution in [2.75, 3.05) is 25.1 Å². The summed E-state index contributed by atoms with van der Waals surface area (Å²) < 4.78 is 19.0. The molecule has 2 heterocycles. The molecule has 41 heavy (non-hydrogen) atoms. The fourth-order valence-electron chi connectivity index (χ4n) is 7.01. The number of anilines is 1. The molecular formula is C35H34N2O4. The molecule has 7 rings (SSSR count). The molecule has 4 aromatic rings. The van der Waals surface area contributed by atoms with E-state index in [0.717, 1.165) is 46.6 Å². The summed E-state index contributed by atoms with van der Waals surface area (Å²) in [4.78, 5) is 4.48. The van der Waals surface area contributed by atoms with Crippen LogP contribution in [0.25, 0.3) is 11.1 Å². The highest BCUT2D eigenvalue weighted by Crippen LogP contribution is 2.68. The third-order valence-electron chi connectivity index (χ3n) is 8.69. The van der Waals surface area contributed by atoms with Gasteiger partial charge in [-0.3, -0.25) is 4.99 Å². The fourth-order valence-corrected chi connectivity index (χ4v) is 7.01. The van der Waals surface area contributed by atoms with Gasteiger partial charge in [0.2, 0.25) is 0 Å². The van der Waals surface area contributed by atoms with Crippen molar-refractivity contribution >= 4 is 17.6 Å². The Morgan fingerprint density at radius 3 is 2.49 bits per heavy atom. The Balaban J connectivity index is 1.37. The van der Waals surface area contributed by atoms with E-state index in [9.17, 15) is 5.11 Å². The minimum absolute atomic E-state index is 0.0669. The number of ether oxygens (including phenoxy) is 3. The third kappa shape index (κ3) is 3.92. The highest BCUT2D eigenvalue weighted by Gasteiger charge is 2.69. The van der Waals surface area contributed by atoms with Crippen LogP contribution < -0.4 is 19.5 Å². The van der Waals surface area contributed by atoms with Crippen LogP contribution in [0.1, 0.15) is 49.3 Å². The Kier molecular flexibility index (Phi) is 6.24. The smallest absolute Gasteiger partial charge is 0.174 e. The zero-order valence-corrected chi connectivity index (χ0v) is 23.4. The summed E-state index contributed by atoms with van der Waals surface area (Å²) in [7, 11) is 0. The van der Waals surface area contributed by atoms with Crippen LogP contribution in [0.5, 0.6) is 17.2 Å². The predicted molar refractivity (Wildman–Crippen MR) is 162 cm³/mol. The predicted octanol–water partition coefficient (Wildman–Crippen LogP) is 7.33. The quantitative estimate of drug-likeness (QED) is 0.254. The van der Waals surface area contributed by atoms with E-state index in [4.69, 9.17) is 14.2 Å². The maximum Gasteiger partial charge on any atom is 0.174 e. The normalized spacial score (nSPS) is 23.6. The van der Waals surface area contributed by atoms with Gasteiger partial charge in [0, 0.05) is 24.3 Å². The highest BCUT2D eigenvalue weighted by atomic mass is 16.5. The highest BCUT2D eigenvalue weighted by molar-refractivity contribution is 5.84. The number of aliphatic hydroxyl groups is 1. The molecule has 0 spiro atoms. The van der Waals surface area contributed by atoms with Crippen LogP contribution in [0.15, 0.2) is 89.9 Å². The number of hydrogen-bond donors (Lipinski definition) is 2. The molecule has 1 aliphatic carbocycles. The Bertz CT molecular complexity index is 1620. The van der Waals surface area contributed by atoms with E-state index in [0.29, 0.717) is 42.4 Å². The number of hydrogen-bond acceptors (Lipinski definition) is 6. The maximum absolute atomic E-state index is 12.8. The van der Waals surface area contributed by atoms with E-state index < -0.39 is 11.2 Å². The van der Waals surface area contributed by atoms with Crippen molar-refractivity contribution in [2.45, 2.75) is 43.8 Å². The molecule has 0 saturated heterocycles. The van der Waals surface area contributed by atoms with Gasteiger partial charge in [0.05, 0.1) is 36.7 Å². The van der Waals surface area contributed by atoms with Crippen LogP contribution in [-0.4, -0.2) is 31.1 Å². The van der Waals surface area contributed by atoms with E-state index in [-0.39, 0.29) is 5.92 Å². The van der Waals surface area contributed by atoms with Gasteiger partial charge in [-0.15, -0.1) is 0 Å². The maximum atomic E-state index is 12.8. The summed E-state index contributed by atoms with van der Waals surface area (Å²) in [5.41, 5.74) is 4.66. The van der Waals surface area contributed by atoms with Gasteiger partial charge in [-0.2, -0.15) is 0 Å². The lowest BCUT2D eigenvalue weighted by Gasteiger charge is -2.40. The molecule has 1 fully saturated rings. The molecule has 0 aromatic heterocycles. The average molecular weight is 547 g/mol. The largest absolute Gasteiger partial charge is 0.494 e. The monoisotopic (exact) mass is 546 g/mol. The van der Waals surface area contributed by atoms with Crippen LogP contribution >= 0.6 is 0 Å². The van der Waals surface area contributed by atoms with Crippen molar-refractivity contribution in [3.05, 3.63) is 102 Å². The molecule has 4 aromatic carbocycles. The van der Waals surface area contributed by atoms with E-state index >= 15 is 0 Å². The molecule has 3 atom stereocenters. The third-order valence-corrected chi connectivity index (χ3v) is 8.69. The summed E-state index contributed by atoms with van der Waals surface area (Å²) >= 11 is 0. The second-order valence-electron chi connectivity index (χ2n) is 10.9. The van der Waals surface area contributed by atoms with E-state index in [1.807, 2.05) is 44.3 Å². The summed E-state index contributed by atoms with van der Waals surface area (Å²) in [6, 6.07) is 29.0. The summed E-state index contributed by atoms with van der Waals surface area (Å²) in [6.45, 7) is 5.64. The van der Waals surface area contributed by atoms with Crippen LogP contribution in [0.3, 0.4) is 0 Å². The van der Waals surface area contributed by atoms with Crippen LogP contribution in [-0.2, 0) is 11.2 Å². The van der Waals surface area contributed by atoms with E-state index in [2.05, 4.69) is 71.0 Å². The number of nitrogens with one attached hydrogen (secondary N) is 1. The Labute approximate surface area is 240 Å². The van der Waals surface area contributed by atoms with Gasteiger partial charge in [0.1, 0.15) is 22.8 Å². The SMILES string of the molecule is CCOc1cc(OCC)c2c(c1)O[C@@]1(c3ccc(-c4ccc5c(c4)NCC=N5)cc3)[C@H](c3ccccc3)CC[C@@]21O. The van der Waals surface area contributed by atoms with Gasteiger partial charge in [0.25, 0.3) is 0 Å². The van der Waals surface area contributed by atoms with Crippen molar-refractivity contribution in [2.24, 2.45) is 4.99 Å². The first kappa shape index (κ1) is 25.7. The van der Waals surface area contributed by atoms with E-state index in [1.165, 1.54) is 0 Å². The molecule has 3 aliphatic rings. The van der Waals surface area contributed by atoms with Gasteiger partial charge >= 0.3 is 0 Å². The summed E-state index contributed by atoms with van der Waals surface area (Å²) in [5, 5.41) is 16.2. The molecule has 6 nitrogen and oxygen atoms in total. The lowest BCUT2D eigenvalue weighted by atomic mass is 9.71. The van der Waals surface area contributed by atoms with Crippen molar-refractivity contribution in [1.29, 1.82) is 0 Å². The van der Waals surface area contributed by atoms with Gasteiger partial charge in [-0.1, -0.05) is 60.7 Å². The second kappa shape index (κ2) is 9.96. The van der Waals surface area contributed by atoms with Crippen LogP contribution in [0, 0.1) is 0 Å². The minimum atomic E-state index is -1.28. The van der Waals surface area contributed by atoms with Gasteiger partial charge in [-0.25, -0.2) is 0 Å². The molecule has 1 saturated carbocycles. The van der Waals surface area contributed by atoms with Crippen molar-refractivity contribution in [3.63, 3.8) is 0 Å². The molecule has 0 unspecified atom stereocenters. The number of fused-ring (bicyclic) bond motifs is 4. The number of aliphatic imine (C=N–C) groups is 1. The summed E-state index contributed by atoms with van der Waals surface area (Å²) in [5.74, 6) is 1.84.